The first-order valence-corrected chi connectivity index (χ1v) is 5.17. The quantitative estimate of drug-likeness (QED) is 0.534. The van der Waals surface area contributed by atoms with Crippen molar-refractivity contribution in [2.24, 2.45) is 5.10 Å². The molecule has 1 heterocycles. The molecule has 96 valence electrons. The average molecular weight is 258 g/mol. The maximum Gasteiger partial charge on any atom is 0.363 e. The number of aromatic nitrogens is 3. The van der Waals surface area contributed by atoms with E-state index in [0.717, 1.165) is 0 Å². The van der Waals surface area contributed by atoms with E-state index in [1.165, 1.54) is 24.5 Å². The predicted molar refractivity (Wildman–Crippen MR) is 64.6 cm³/mol. The van der Waals surface area contributed by atoms with Crippen LogP contribution in [0.15, 0.2) is 40.4 Å². The summed E-state index contributed by atoms with van der Waals surface area (Å²) < 4.78 is 0. The Morgan fingerprint density at radius 3 is 2.74 bits per heavy atom. The van der Waals surface area contributed by atoms with Crippen molar-refractivity contribution < 1.29 is 9.90 Å². The minimum atomic E-state index is -1.24. The Kier molecular flexibility index (Phi) is 3.62. The van der Waals surface area contributed by atoms with Crippen LogP contribution < -0.4 is 16.2 Å². The van der Waals surface area contributed by atoms with Crippen molar-refractivity contribution >= 4 is 18.0 Å². The predicted octanol–water partition coefficient (Wildman–Crippen LogP) is -1.03. The Balaban J connectivity index is 2.03. The molecule has 2 rings (SSSR count). The van der Waals surface area contributed by atoms with Gasteiger partial charge in [0.25, 0.3) is 0 Å². The second-order valence-corrected chi connectivity index (χ2v) is 3.45. The van der Waals surface area contributed by atoms with Crippen LogP contribution in [0.4, 0.5) is 5.82 Å². The van der Waals surface area contributed by atoms with Gasteiger partial charge in [-0.25, -0.2) is 9.89 Å². The number of benzene rings is 1. The third-order valence-corrected chi connectivity index (χ3v) is 2.11. The van der Waals surface area contributed by atoms with Gasteiger partial charge in [-0.3, -0.25) is 5.43 Å². The Labute approximate surface area is 106 Å². The lowest BCUT2D eigenvalue weighted by Crippen LogP contribution is -2.21. The van der Waals surface area contributed by atoms with Gasteiger partial charge < -0.3 is 9.90 Å². The normalized spacial score (nSPS) is 10.5. The highest BCUT2D eigenvalue weighted by atomic mass is 16.4. The Hall–Kier alpha value is -3.03. The van der Waals surface area contributed by atoms with Crippen molar-refractivity contribution in [3.8, 4) is 0 Å². The highest BCUT2D eigenvalue weighted by Gasteiger charge is 1.94. The van der Waals surface area contributed by atoms with E-state index in [1.807, 2.05) is 0 Å². The molecule has 8 nitrogen and oxygen atoms in total. The first-order chi connectivity index (χ1) is 9.15. The highest BCUT2D eigenvalue weighted by Crippen LogP contribution is 2.01. The van der Waals surface area contributed by atoms with Gasteiger partial charge in [0.2, 0.25) is 0 Å². The number of hydrogen-bond acceptors (Lipinski definition) is 7. The number of hydrazone groups is 1. The molecule has 1 aromatic carbocycles. The fraction of sp³-hybridized carbons (Fsp3) is 0. The molecular weight excluding hydrogens is 250 g/mol. The van der Waals surface area contributed by atoms with Crippen LogP contribution in [0.25, 0.3) is 0 Å². The second kappa shape index (κ2) is 5.54. The van der Waals surface area contributed by atoms with Gasteiger partial charge in [-0.15, -0.1) is 0 Å². The molecule has 1 aromatic heterocycles. The molecule has 2 N–H and O–H groups in total. The van der Waals surface area contributed by atoms with Gasteiger partial charge in [0.05, 0.1) is 18.4 Å². The summed E-state index contributed by atoms with van der Waals surface area (Å²) in [6.07, 6.45) is 2.75. The van der Waals surface area contributed by atoms with Gasteiger partial charge in [0.1, 0.15) is 0 Å². The third-order valence-electron chi connectivity index (χ3n) is 2.11. The minimum absolute atomic E-state index is 0.0885. The summed E-state index contributed by atoms with van der Waals surface area (Å²) in [5, 5.41) is 20.0. The maximum absolute atomic E-state index is 10.8. The Bertz CT molecular complexity index is 663. The molecule has 0 radical (unpaired) electrons. The molecule has 0 spiro atoms. The standard InChI is InChI=1S/C11H9N5O3/c17-10(18)8-3-1-7(2-4-8)5-12-15-9-6-13-16-11(19)14-9/h1-6H,(H,17,18)(H2,14,15,16,19)/p-1/b12-5-. The van der Waals surface area contributed by atoms with Gasteiger partial charge in [-0.1, -0.05) is 24.3 Å². The van der Waals surface area contributed by atoms with Crippen molar-refractivity contribution in [2.45, 2.75) is 0 Å². The molecule has 8 heteroatoms. The minimum Gasteiger partial charge on any atom is -0.545 e. The summed E-state index contributed by atoms with van der Waals surface area (Å²) in [7, 11) is 0. The van der Waals surface area contributed by atoms with E-state index >= 15 is 0 Å². The van der Waals surface area contributed by atoms with Crippen molar-refractivity contribution in [3.05, 3.63) is 52.1 Å². The number of aromatic carboxylic acids is 1. The fourth-order valence-corrected chi connectivity index (χ4v) is 1.24. The van der Waals surface area contributed by atoms with Gasteiger partial charge in [-0.05, 0) is 11.1 Å². The van der Waals surface area contributed by atoms with Crippen LogP contribution in [-0.4, -0.2) is 27.4 Å². The summed E-state index contributed by atoms with van der Waals surface area (Å²) in [6.45, 7) is 0. The molecule has 2 aromatic rings. The number of carbonyl (C=O) groups excluding carboxylic acids is 1. The van der Waals surface area contributed by atoms with Crippen LogP contribution in [0.1, 0.15) is 15.9 Å². The number of carboxylic acid groups (broad SMARTS) is 1. The molecule has 0 bridgehead atoms. The largest absolute Gasteiger partial charge is 0.545 e. The van der Waals surface area contributed by atoms with Crippen LogP contribution in [0, 0.1) is 0 Å². The van der Waals surface area contributed by atoms with E-state index < -0.39 is 11.7 Å². The van der Waals surface area contributed by atoms with Gasteiger partial charge >= 0.3 is 5.69 Å². The number of anilines is 1. The number of carboxylic acids is 1. The first kappa shape index (κ1) is 12.4. The van der Waals surface area contributed by atoms with Gasteiger partial charge in [-0.2, -0.15) is 15.2 Å². The molecule has 0 aliphatic rings. The molecule has 19 heavy (non-hydrogen) atoms. The molecule has 0 saturated carbocycles. The number of carbonyl (C=O) groups is 1. The number of nitrogens with zero attached hydrogens (tertiary/aromatic N) is 3. The Morgan fingerprint density at radius 1 is 1.37 bits per heavy atom. The number of aromatic amines is 1. The SMILES string of the molecule is O=C([O-])c1ccc(/C=N\Nc2cn[nH]c(=O)n2)cc1. The smallest absolute Gasteiger partial charge is 0.363 e. The van der Waals surface area contributed by atoms with E-state index in [4.69, 9.17) is 0 Å². The van der Waals surface area contributed by atoms with Gasteiger partial charge in [0, 0.05) is 0 Å². The summed E-state index contributed by atoms with van der Waals surface area (Å²) in [4.78, 5) is 24.9. The highest BCUT2D eigenvalue weighted by molar-refractivity contribution is 5.87. The number of rotatable bonds is 4. The zero-order valence-electron chi connectivity index (χ0n) is 9.53. The van der Waals surface area contributed by atoms with Crippen LogP contribution >= 0.6 is 0 Å². The first-order valence-electron chi connectivity index (χ1n) is 5.17. The van der Waals surface area contributed by atoms with Crippen molar-refractivity contribution in [2.75, 3.05) is 5.43 Å². The summed E-state index contributed by atoms with van der Waals surface area (Å²) >= 11 is 0. The lowest BCUT2D eigenvalue weighted by atomic mass is 10.1. The molecule has 0 unspecified atom stereocenters. The van der Waals surface area contributed by atoms with Gasteiger partial charge in [0.15, 0.2) is 5.82 Å². The zero-order valence-corrected chi connectivity index (χ0v) is 9.53. The number of H-pyrrole nitrogens is 1. The zero-order chi connectivity index (χ0) is 13.7. The van der Waals surface area contributed by atoms with Crippen molar-refractivity contribution in [1.29, 1.82) is 0 Å². The van der Waals surface area contributed by atoms with Crippen molar-refractivity contribution in [1.82, 2.24) is 15.2 Å². The average Bonchev–Trinajstić information content (AvgIpc) is 2.39. The summed E-state index contributed by atoms with van der Waals surface area (Å²) in [5.41, 5.74) is 2.70. The molecule has 0 aliphatic carbocycles. The van der Waals surface area contributed by atoms with Crippen molar-refractivity contribution in [3.63, 3.8) is 0 Å². The van der Waals surface area contributed by atoms with Crippen LogP contribution in [-0.2, 0) is 0 Å². The summed E-state index contributed by atoms with van der Waals surface area (Å²) in [5.74, 6) is -1.04. The van der Waals surface area contributed by atoms with Crippen LogP contribution in [0.3, 0.4) is 0 Å². The van der Waals surface area contributed by atoms with Crippen LogP contribution in [0.2, 0.25) is 0 Å². The fourth-order valence-electron chi connectivity index (χ4n) is 1.24. The van der Waals surface area contributed by atoms with E-state index in [2.05, 4.69) is 25.7 Å². The third kappa shape index (κ3) is 3.46. The topological polar surface area (TPSA) is 123 Å². The monoisotopic (exact) mass is 258 g/mol. The van der Waals surface area contributed by atoms with Crippen LogP contribution in [0.5, 0.6) is 0 Å². The lowest BCUT2D eigenvalue weighted by Gasteiger charge is -2.01. The lowest BCUT2D eigenvalue weighted by molar-refractivity contribution is -0.255. The molecule has 0 saturated heterocycles. The van der Waals surface area contributed by atoms with E-state index in [0.29, 0.717) is 5.56 Å². The van der Waals surface area contributed by atoms with E-state index in [9.17, 15) is 14.7 Å². The molecule has 0 amide bonds. The van der Waals surface area contributed by atoms with E-state index in [1.54, 1.807) is 12.1 Å². The Morgan fingerprint density at radius 2 is 2.11 bits per heavy atom. The molecule has 0 aliphatic heterocycles. The number of nitrogens with one attached hydrogen (secondary N) is 2. The molecular formula is C11H8N5O3-. The summed E-state index contributed by atoms with van der Waals surface area (Å²) in [6, 6.07) is 5.95. The number of hydrogen-bond donors (Lipinski definition) is 2. The molecule has 0 fully saturated rings. The second-order valence-electron chi connectivity index (χ2n) is 3.45. The van der Waals surface area contributed by atoms with E-state index in [-0.39, 0.29) is 11.4 Å². The molecule has 0 atom stereocenters. The maximum atomic E-state index is 10.8.